The van der Waals surface area contributed by atoms with Gasteiger partial charge in [0.15, 0.2) is 0 Å². The van der Waals surface area contributed by atoms with Gasteiger partial charge in [-0.3, -0.25) is 4.79 Å². The van der Waals surface area contributed by atoms with Gasteiger partial charge < -0.3 is 16.2 Å². The minimum Gasteiger partial charge on any atom is -0.478 e. The van der Waals surface area contributed by atoms with Crippen LogP contribution in [0, 0.1) is 5.82 Å². The van der Waals surface area contributed by atoms with E-state index in [0.29, 0.717) is 6.42 Å². The Bertz CT molecular complexity index is 448. The fourth-order valence-corrected chi connectivity index (χ4v) is 1.16. The summed E-state index contributed by atoms with van der Waals surface area (Å²) in [6, 6.07) is 2.53. The fraction of sp³-hybridized carbons (Fsp3) is 0.273. The number of hydrogen-bond donors (Lipinski definition) is 3. The summed E-state index contributed by atoms with van der Waals surface area (Å²) in [6.45, 7) is 1.73. The zero-order chi connectivity index (χ0) is 13.0. The Morgan fingerprint density at radius 2 is 2.18 bits per heavy atom. The first-order valence-corrected chi connectivity index (χ1v) is 5.05. The number of carboxylic acid groups (broad SMARTS) is 1. The van der Waals surface area contributed by atoms with Crippen LogP contribution >= 0.6 is 0 Å². The van der Waals surface area contributed by atoms with Crippen molar-refractivity contribution in [3.63, 3.8) is 0 Å². The number of anilines is 1. The number of nitrogens with one attached hydrogen (secondary N) is 1. The summed E-state index contributed by atoms with van der Waals surface area (Å²) in [5.74, 6) is -2.54. The lowest BCUT2D eigenvalue weighted by molar-refractivity contribution is -0.117. The highest BCUT2D eigenvalue weighted by molar-refractivity contribution is 5.95. The van der Waals surface area contributed by atoms with Crippen LogP contribution in [0.25, 0.3) is 0 Å². The normalized spacial score (nSPS) is 11.9. The van der Waals surface area contributed by atoms with Crippen LogP contribution in [0.4, 0.5) is 10.1 Å². The molecule has 0 saturated heterocycles. The number of nitrogens with two attached hydrogens (primary N) is 1. The third-order valence-corrected chi connectivity index (χ3v) is 2.25. The zero-order valence-electron chi connectivity index (χ0n) is 9.24. The maximum absolute atomic E-state index is 13.4. The molecule has 0 aliphatic rings. The number of benzene rings is 1. The van der Waals surface area contributed by atoms with Crippen molar-refractivity contribution in [1.82, 2.24) is 0 Å². The number of hydrogen-bond acceptors (Lipinski definition) is 3. The molecule has 5 nitrogen and oxygen atoms in total. The second kappa shape index (κ2) is 5.40. The van der Waals surface area contributed by atoms with E-state index in [4.69, 9.17) is 10.8 Å². The molecule has 17 heavy (non-hydrogen) atoms. The molecular formula is C11H13FN2O3. The van der Waals surface area contributed by atoms with Crippen molar-refractivity contribution in [2.24, 2.45) is 5.73 Å². The van der Waals surface area contributed by atoms with Crippen molar-refractivity contribution >= 4 is 17.6 Å². The Balaban J connectivity index is 2.86. The van der Waals surface area contributed by atoms with Gasteiger partial charge >= 0.3 is 5.97 Å². The lowest BCUT2D eigenvalue weighted by atomic mass is 10.2. The monoisotopic (exact) mass is 240 g/mol. The Morgan fingerprint density at radius 3 is 2.65 bits per heavy atom. The summed E-state index contributed by atoms with van der Waals surface area (Å²) in [4.78, 5) is 22.0. The maximum Gasteiger partial charge on any atom is 0.335 e. The average molecular weight is 240 g/mol. The summed E-state index contributed by atoms with van der Waals surface area (Å²) in [6.07, 6.45) is 0.431. The van der Waals surface area contributed by atoms with E-state index in [0.717, 1.165) is 6.07 Å². The Hall–Kier alpha value is -1.95. The van der Waals surface area contributed by atoms with Gasteiger partial charge in [-0.15, -0.1) is 0 Å². The molecule has 92 valence electrons. The molecule has 0 aliphatic heterocycles. The fourth-order valence-electron chi connectivity index (χ4n) is 1.16. The van der Waals surface area contributed by atoms with E-state index in [1.165, 1.54) is 12.1 Å². The number of rotatable bonds is 4. The van der Waals surface area contributed by atoms with Gasteiger partial charge in [-0.05, 0) is 24.6 Å². The molecule has 1 atom stereocenters. The SMILES string of the molecule is CC[C@@H](N)C(=O)Nc1ccc(C(=O)O)cc1F. The van der Waals surface area contributed by atoms with E-state index < -0.39 is 23.7 Å². The van der Waals surface area contributed by atoms with Crippen LogP contribution < -0.4 is 11.1 Å². The Labute approximate surface area is 97.4 Å². The highest BCUT2D eigenvalue weighted by Gasteiger charge is 2.14. The second-order valence-corrected chi connectivity index (χ2v) is 3.50. The van der Waals surface area contributed by atoms with Crippen molar-refractivity contribution in [2.45, 2.75) is 19.4 Å². The first kappa shape index (κ1) is 13.1. The van der Waals surface area contributed by atoms with Crippen LogP contribution in [0.15, 0.2) is 18.2 Å². The number of carbonyl (C=O) groups is 2. The van der Waals surface area contributed by atoms with Gasteiger partial charge in [0.1, 0.15) is 5.82 Å². The van der Waals surface area contributed by atoms with E-state index in [9.17, 15) is 14.0 Å². The molecule has 0 fully saturated rings. The number of amides is 1. The first-order valence-electron chi connectivity index (χ1n) is 5.05. The number of carbonyl (C=O) groups excluding carboxylic acids is 1. The lowest BCUT2D eigenvalue weighted by Gasteiger charge is -2.10. The molecule has 1 aromatic carbocycles. The predicted octanol–water partition coefficient (Wildman–Crippen LogP) is 1.20. The van der Waals surface area contributed by atoms with E-state index >= 15 is 0 Å². The summed E-state index contributed by atoms with van der Waals surface area (Å²) in [5, 5.41) is 10.9. The van der Waals surface area contributed by atoms with Gasteiger partial charge in [0.25, 0.3) is 0 Å². The van der Waals surface area contributed by atoms with Gasteiger partial charge in [0.05, 0.1) is 17.3 Å². The zero-order valence-corrected chi connectivity index (χ0v) is 9.24. The predicted molar refractivity (Wildman–Crippen MR) is 60.3 cm³/mol. The Kier molecular flexibility index (Phi) is 4.17. The van der Waals surface area contributed by atoms with Gasteiger partial charge in [-0.1, -0.05) is 6.92 Å². The van der Waals surface area contributed by atoms with E-state index in [1.54, 1.807) is 6.92 Å². The molecule has 4 N–H and O–H groups in total. The Morgan fingerprint density at radius 1 is 1.53 bits per heavy atom. The third kappa shape index (κ3) is 3.25. The molecular weight excluding hydrogens is 227 g/mol. The largest absolute Gasteiger partial charge is 0.478 e. The molecule has 0 saturated carbocycles. The number of aromatic carboxylic acids is 1. The van der Waals surface area contributed by atoms with Crippen molar-refractivity contribution in [1.29, 1.82) is 0 Å². The van der Waals surface area contributed by atoms with Crippen LogP contribution in [0.2, 0.25) is 0 Å². The highest BCUT2D eigenvalue weighted by Crippen LogP contribution is 2.16. The summed E-state index contributed by atoms with van der Waals surface area (Å²) in [5.41, 5.74) is 5.20. The second-order valence-electron chi connectivity index (χ2n) is 3.50. The summed E-state index contributed by atoms with van der Waals surface area (Å²) in [7, 11) is 0. The van der Waals surface area contributed by atoms with Gasteiger partial charge in [-0.25, -0.2) is 9.18 Å². The molecule has 0 heterocycles. The average Bonchev–Trinajstić information content (AvgIpc) is 2.30. The summed E-state index contributed by atoms with van der Waals surface area (Å²) >= 11 is 0. The molecule has 0 radical (unpaired) electrons. The number of halogens is 1. The van der Waals surface area contributed by atoms with Gasteiger partial charge in [-0.2, -0.15) is 0 Å². The molecule has 0 bridgehead atoms. The molecule has 0 spiro atoms. The minimum atomic E-state index is -1.23. The smallest absolute Gasteiger partial charge is 0.335 e. The first-order chi connectivity index (χ1) is 7.95. The molecule has 0 aromatic heterocycles. The van der Waals surface area contributed by atoms with Crippen molar-refractivity contribution in [3.8, 4) is 0 Å². The van der Waals surface area contributed by atoms with Gasteiger partial charge in [0, 0.05) is 0 Å². The molecule has 0 unspecified atom stereocenters. The third-order valence-electron chi connectivity index (χ3n) is 2.25. The van der Waals surface area contributed by atoms with E-state index in [2.05, 4.69) is 5.32 Å². The molecule has 1 rings (SSSR count). The summed E-state index contributed by atoms with van der Waals surface area (Å²) < 4.78 is 13.4. The molecule has 0 aliphatic carbocycles. The lowest BCUT2D eigenvalue weighted by Crippen LogP contribution is -2.35. The highest BCUT2D eigenvalue weighted by atomic mass is 19.1. The van der Waals surface area contributed by atoms with Crippen LogP contribution in [-0.2, 0) is 4.79 Å². The molecule has 6 heteroatoms. The van der Waals surface area contributed by atoms with Crippen LogP contribution in [0.3, 0.4) is 0 Å². The number of carboxylic acids is 1. The van der Waals surface area contributed by atoms with Gasteiger partial charge in [0.2, 0.25) is 5.91 Å². The van der Waals surface area contributed by atoms with Crippen LogP contribution in [0.1, 0.15) is 23.7 Å². The molecule has 1 aromatic rings. The van der Waals surface area contributed by atoms with Crippen molar-refractivity contribution in [3.05, 3.63) is 29.6 Å². The topological polar surface area (TPSA) is 92.4 Å². The van der Waals surface area contributed by atoms with Crippen molar-refractivity contribution < 1.29 is 19.1 Å². The standard InChI is InChI=1S/C11H13FN2O3/c1-2-8(13)10(15)14-9-4-3-6(11(16)17)5-7(9)12/h3-5,8H,2,13H2,1H3,(H,14,15)(H,16,17)/t8-/m1/s1. The van der Waals surface area contributed by atoms with Crippen LogP contribution in [-0.4, -0.2) is 23.0 Å². The van der Waals surface area contributed by atoms with E-state index in [1.807, 2.05) is 0 Å². The quantitative estimate of drug-likeness (QED) is 0.737. The maximum atomic E-state index is 13.4. The van der Waals surface area contributed by atoms with E-state index in [-0.39, 0.29) is 11.3 Å². The van der Waals surface area contributed by atoms with Crippen molar-refractivity contribution in [2.75, 3.05) is 5.32 Å². The molecule has 1 amide bonds. The minimum absolute atomic E-state index is 0.0797. The van der Waals surface area contributed by atoms with Crippen LogP contribution in [0.5, 0.6) is 0 Å².